The molecule has 5 rings (SSSR count). The average molecular weight is 553 g/mol. The molecule has 2 unspecified atom stereocenters. The Labute approximate surface area is 238 Å². The molecule has 3 aromatic rings. The quantitative estimate of drug-likeness (QED) is 0.211. The first kappa shape index (κ1) is 28.3. The number of unbranched alkanes of at least 4 members (excludes halogenated alkanes) is 2. The molecule has 7 heteroatoms. The van der Waals surface area contributed by atoms with Crippen LogP contribution >= 0.6 is 11.6 Å². The number of aromatic nitrogens is 2. The van der Waals surface area contributed by atoms with Gasteiger partial charge in [-0.25, -0.2) is 4.98 Å². The minimum Gasteiger partial charge on any atom is -0.491 e. The molecule has 0 saturated carbocycles. The molecule has 2 aliphatic heterocycles. The third-order valence-electron chi connectivity index (χ3n) is 8.31. The highest BCUT2D eigenvalue weighted by Gasteiger charge is 2.17. The highest BCUT2D eigenvalue weighted by atomic mass is 35.5. The summed E-state index contributed by atoms with van der Waals surface area (Å²) in [5.74, 6) is 4.26. The number of benzene rings is 2. The summed E-state index contributed by atoms with van der Waals surface area (Å²) in [5.41, 5.74) is 2.08. The smallest absolute Gasteiger partial charge is 0.148 e. The summed E-state index contributed by atoms with van der Waals surface area (Å²) in [5, 5.41) is 7.79. The number of hydrogen-bond donors (Lipinski definition) is 2. The largest absolute Gasteiger partial charge is 0.491 e. The molecule has 2 aliphatic rings. The van der Waals surface area contributed by atoms with Crippen molar-refractivity contribution >= 4 is 22.6 Å². The van der Waals surface area contributed by atoms with Gasteiger partial charge in [0.2, 0.25) is 0 Å². The van der Waals surface area contributed by atoms with E-state index in [9.17, 15) is 0 Å². The van der Waals surface area contributed by atoms with E-state index in [4.69, 9.17) is 26.1 Å². The maximum absolute atomic E-state index is 6.30. The second-order valence-electron chi connectivity index (χ2n) is 11.3. The molecule has 0 amide bonds. The van der Waals surface area contributed by atoms with E-state index >= 15 is 0 Å². The molecule has 1 aromatic heterocycles. The number of imidazole rings is 1. The second kappa shape index (κ2) is 14.9. The van der Waals surface area contributed by atoms with Crippen molar-refractivity contribution < 1.29 is 9.47 Å². The first-order valence-electron chi connectivity index (χ1n) is 15.2. The number of hydrogen-bond acceptors (Lipinski definition) is 5. The lowest BCUT2D eigenvalue weighted by Crippen LogP contribution is -2.29. The van der Waals surface area contributed by atoms with Gasteiger partial charge in [-0.1, -0.05) is 30.5 Å². The lowest BCUT2D eigenvalue weighted by molar-refractivity contribution is 0.287. The van der Waals surface area contributed by atoms with Crippen LogP contribution in [0.2, 0.25) is 5.02 Å². The maximum atomic E-state index is 6.30. The Morgan fingerprint density at radius 3 is 2.31 bits per heavy atom. The third-order valence-corrected chi connectivity index (χ3v) is 8.56. The van der Waals surface area contributed by atoms with Crippen LogP contribution in [0.15, 0.2) is 42.5 Å². The van der Waals surface area contributed by atoms with Crippen LogP contribution in [0, 0.1) is 11.8 Å². The van der Waals surface area contributed by atoms with Gasteiger partial charge < -0.3 is 24.7 Å². The Morgan fingerprint density at radius 2 is 1.59 bits per heavy atom. The van der Waals surface area contributed by atoms with Crippen LogP contribution in [0.4, 0.5) is 0 Å². The van der Waals surface area contributed by atoms with Crippen molar-refractivity contribution in [2.75, 3.05) is 32.8 Å². The standard InChI is InChI=1S/C32H45ClN4O2/c33-27-14-16-28(17-15-27)39-24-31-36-32-29(37(31)20-7-11-26-10-6-19-35-23-26)12-4-13-30(32)38-21-3-1-2-8-25-9-5-18-34-22-25/h4,12-17,25-26,34-35H,1-3,5-11,18-24H2. The summed E-state index contributed by atoms with van der Waals surface area (Å²) in [6, 6.07) is 13.9. The van der Waals surface area contributed by atoms with Gasteiger partial charge in [0.1, 0.15) is 29.4 Å². The normalized spacial score (nSPS) is 19.8. The third kappa shape index (κ3) is 8.36. The molecule has 212 valence electrons. The van der Waals surface area contributed by atoms with Crippen molar-refractivity contribution in [2.24, 2.45) is 11.8 Å². The van der Waals surface area contributed by atoms with Crippen LogP contribution in [0.5, 0.6) is 11.5 Å². The number of fused-ring (bicyclic) bond motifs is 1. The number of rotatable bonds is 14. The average Bonchev–Trinajstić information content (AvgIpc) is 3.34. The molecule has 0 aliphatic carbocycles. The molecule has 0 radical (unpaired) electrons. The lowest BCUT2D eigenvalue weighted by Gasteiger charge is -2.22. The second-order valence-corrected chi connectivity index (χ2v) is 11.7. The molecule has 39 heavy (non-hydrogen) atoms. The van der Waals surface area contributed by atoms with Crippen molar-refractivity contribution in [3.8, 4) is 11.5 Å². The van der Waals surface area contributed by atoms with Crippen molar-refractivity contribution in [3.63, 3.8) is 0 Å². The molecule has 2 saturated heterocycles. The monoisotopic (exact) mass is 552 g/mol. The van der Waals surface area contributed by atoms with Crippen LogP contribution in [0.3, 0.4) is 0 Å². The molecule has 0 bridgehead atoms. The van der Waals surface area contributed by atoms with Gasteiger partial charge in [0, 0.05) is 11.6 Å². The topological polar surface area (TPSA) is 60.3 Å². The fourth-order valence-corrected chi connectivity index (χ4v) is 6.22. The summed E-state index contributed by atoms with van der Waals surface area (Å²) < 4.78 is 14.8. The highest BCUT2D eigenvalue weighted by Crippen LogP contribution is 2.28. The molecule has 2 N–H and O–H groups in total. The minimum absolute atomic E-state index is 0.413. The van der Waals surface area contributed by atoms with Gasteiger partial charge >= 0.3 is 0 Å². The molecular formula is C32H45ClN4O2. The molecule has 2 aromatic carbocycles. The van der Waals surface area contributed by atoms with E-state index in [1.165, 1.54) is 64.5 Å². The number of nitrogens with zero attached hydrogens (tertiary/aromatic N) is 2. The minimum atomic E-state index is 0.413. The van der Waals surface area contributed by atoms with E-state index in [0.29, 0.717) is 11.6 Å². The van der Waals surface area contributed by atoms with Gasteiger partial charge in [-0.15, -0.1) is 0 Å². The number of piperidine rings is 2. The predicted molar refractivity (Wildman–Crippen MR) is 160 cm³/mol. The van der Waals surface area contributed by atoms with E-state index in [1.54, 1.807) is 0 Å². The van der Waals surface area contributed by atoms with E-state index in [0.717, 1.165) is 79.3 Å². The maximum Gasteiger partial charge on any atom is 0.148 e. The van der Waals surface area contributed by atoms with E-state index in [1.807, 2.05) is 24.3 Å². The molecular weight excluding hydrogens is 508 g/mol. The zero-order valence-corrected chi connectivity index (χ0v) is 24.1. The van der Waals surface area contributed by atoms with Gasteiger partial charge in [0.05, 0.1) is 12.1 Å². The fourth-order valence-electron chi connectivity index (χ4n) is 6.10. The zero-order valence-electron chi connectivity index (χ0n) is 23.3. The Balaban J connectivity index is 1.21. The van der Waals surface area contributed by atoms with E-state index < -0.39 is 0 Å². The summed E-state index contributed by atoms with van der Waals surface area (Å²) >= 11 is 6.06. The zero-order chi connectivity index (χ0) is 26.7. The summed E-state index contributed by atoms with van der Waals surface area (Å²) in [7, 11) is 0. The van der Waals surface area contributed by atoms with Gasteiger partial charge in [0.25, 0.3) is 0 Å². The Hall–Kier alpha value is -2.28. The number of aryl methyl sites for hydroxylation is 1. The van der Waals surface area contributed by atoms with Crippen molar-refractivity contribution in [3.05, 3.63) is 53.3 Å². The SMILES string of the molecule is Clc1ccc(OCc2nc3c(OCCCCCC4CCCNC4)cccc3n2CCCC2CCCNC2)cc1. The van der Waals surface area contributed by atoms with Crippen LogP contribution in [0.1, 0.15) is 70.0 Å². The molecule has 2 fully saturated rings. The van der Waals surface area contributed by atoms with Crippen LogP contribution in [0.25, 0.3) is 11.0 Å². The van der Waals surface area contributed by atoms with Gasteiger partial charge in [-0.3, -0.25) is 0 Å². The first-order valence-corrected chi connectivity index (χ1v) is 15.5. The van der Waals surface area contributed by atoms with Crippen LogP contribution < -0.4 is 20.1 Å². The van der Waals surface area contributed by atoms with Crippen molar-refractivity contribution in [2.45, 2.75) is 77.4 Å². The van der Waals surface area contributed by atoms with Gasteiger partial charge in [-0.05, 0) is 126 Å². The number of para-hydroxylation sites is 1. The molecule has 0 spiro atoms. The highest BCUT2D eigenvalue weighted by molar-refractivity contribution is 6.30. The Kier molecular flexibility index (Phi) is 10.8. The van der Waals surface area contributed by atoms with Crippen molar-refractivity contribution in [1.29, 1.82) is 0 Å². The first-order chi connectivity index (χ1) is 19.3. The van der Waals surface area contributed by atoms with E-state index in [2.05, 4.69) is 33.4 Å². The Morgan fingerprint density at radius 1 is 0.846 bits per heavy atom. The van der Waals surface area contributed by atoms with Gasteiger partial charge in [0.15, 0.2) is 0 Å². The molecule has 6 nitrogen and oxygen atoms in total. The Bertz CT molecular complexity index is 1140. The molecule has 2 atom stereocenters. The van der Waals surface area contributed by atoms with Crippen LogP contribution in [-0.4, -0.2) is 42.3 Å². The molecule has 3 heterocycles. The van der Waals surface area contributed by atoms with Crippen molar-refractivity contribution in [1.82, 2.24) is 20.2 Å². The van der Waals surface area contributed by atoms with E-state index in [-0.39, 0.29) is 0 Å². The number of halogens is 1. The van der Waals surface area contributed by atoms with Gasteiger partial charge in [-0.2, -0.15) is 0 Å². The lowest BCUT2D eigenvalue weighted by atomic mass is 9.94. The fraction of sp³-hybridized carbons (Fsp3) is 0.594. The summed E-state index contributed by atoms with van der Waals surface area (Å²) in [4.78, 5) is 5.05. The predicted octanol–water partition coefficient (Wildman–Crippen LogP) is 6.99. The number of nitrogens with one attached hydrogen (secondary N) is 2. The number of ether oxygens (including phenoxy) is 2. The summed E-state index contributed by atoms with van der Waals surface area (Å²) in [6.07, 6.45) is 12.6. The summed E-state index contributed by atoms with van der Waals surface area (Å²) in [6.45, 7) is 6.78. The van der Waals surface area contributed by atoms with Crippen LogP contribution in [-0.2, 0) is 13.2 Å².